The molecule has 0 fully saturated rings. The summed E-state index contributed by atoms with van der Waals surface area (Å²) in [7, 11) is 0. The Morgan fingerprint density at radius 1 is 1.32 bits per heavy atom. The lowest BCUT2D eigenvalue weighted by Crippen LogP contribution is -2.19. The second-order valence-electron chi connectivity index (χ2n) is 4.53. The number of nitrogens with zero attached hydrogens (tertiary/aromatic N) is 2. The number of benzene rings is 1. The average molecular weight is 302 g/mol. The number of hydrogen-bond acceptors (Lipinski definition) is 5. The Morgan fingerprint density at radius 3 is 2.77 bits per heavy atom. The number of hydrogen-bond donors (Lipinski definition) is 0. The number of carbonyl (C=O) groups is 1. The van der Waals surface area contributed by atoms with Crippen LogP contribution in [0.25, 0.3) is 0 Å². The third-order valence-electron chi connectivity index (χ3n) is 2.97. The number of ether oxygens (including phenoxy) is 1. The predicted molar refractivity (Wildman–Crippen MR) is 78.9 cm³/mol. The molecule has 0 bridgehead atoms. The fourth-order valence-electron chi connectivity index (χ4n) is 1.96. The molecule has 7 nitrogen and oxygen atoms in total. The standard InChI is InChI=1S/C15H14N2O5/c1-2-22-15(19)12-5-3-4-11(8-12)9-16-10-13(17(20)21)6-7-14(16)18/h3-8,10H,2,9H2,1H3. The maximum Gasteiger partial charge on any atom is 0.338 e. The molecule has 22 heavy (non-hydrogen) atoms. The van der Waals surface area contributed by atoms with E-state index in [4.69, 9.17) is 4.74 Å². The van der Waals surface area contributed by atoms with Gasteiger partial charge in [-0.15, -0.1) is 0 Å². The van der Waals surface area contributed by atoms with E-state index in [-0.39, 0.29) is 24.4 Å². The smallest absolute Gasteiger partial charge is 0.338 e. The van der Waals surface area contributed by atoms with Crippen molar-refractivity contribution >= 4 is 11.7 Å². The molecular formula is C15H14N2O5. The Morgan fingerprint density at radius 2 is 2.09 bits per heavy atom. The molecule has 1 aromatic carbocycles. The Kier molecular flexibility index (Phi) is 4.67. The number of aromatic nitrogens is 1. The lowest BCUT2D eigenvalue weighted by molar-refractivity contribution is -0.385. The van der Waals surface area contributed by atoms with Crippen LogP contribution in [-0.4, -0.2) is 22.1 Å². The van der Waals surface area contributed by atoms with Crippen LogP contribution >= 0.6 is 0 Å². The van der Waals surface area contributed by atoms with E-state index in [1.807, 2.05) is 0 Å². The first-order valence-electron chi connectivity index (χ1n) is 6.62. The van der Waals surface area contributed by atoms with E-state index in [9.17, 15) is 19.7 Å². The monoisotopic (exact) mass is 302 g/mol. The highest BCUT2D eigenvalue weighted by Gasteiger charge is 2.10. The highest BCUT2D eigenvalue weighted by atomic mass is 16.6. The van der Waals surface area contributed by atoms with Gasteiger partial charge in [0.05, 0.1) is 29.8 Å². The first kappa shape index (κ1) is 15.4. The molecule has 114 valence electrons. The molecule has 0 amide bonds. The average Bonchev–Trinajstić information content (AvgIpc) is 2.50. The summed E-state index contributed by atoms with van der Waals surface area (Å²) in [6.07, 6.45) is 1.18. The van der Waals surface area contributed by atoms with Crippen molar-refractivity contribution in [1.82, 2.24) is 4.57 Å². The summed E-state index contributed by atoms with van der Waals surface area (Å²) < 4.78 is 6.14. The topological polar surface area (TPSA) is 91.4 Å². The number of nitro groups is 1. The molecule has 0 unspecified atom stereocenters. The summed E-state index contributed by atoms with van der Waals surface area (Å²) >= 11 is 0. The number of carbonyl (C=O) groups excluding carboxylic acids is 1. The van der Waals surface area contributed by atoms with E-state index in [0.717, 1.165) is 12.1 Å². The van der Waals surface area contributed by atoms with Crippen LogP contribution in [0, 0.1) is 10.1 Å². The minimum atomic E-state index is -0.565. The van der Waals surface area contributed by atoms with Crippen LogP contribution in [0.5, 0.6) is 0 Å². The van der Waals surface area contributed by atoms with Crippen molar-refractivity contribution in [1.29, 1.82) is 0 Å². The molecule has 2 rings (SSSR count). The van der Waals surface area contributed by atoms with Crippen molar-refractivity contribution in [2.24, 2.45) is 0 Å². The van der Waals surface area contributed by atoms with Crippen LogP contribution in [0.3, 0.4) is 0 Å². The Labute approximate surface area is 125 Å². The second kappa shape index (κ2) is 6.66. The van der Waals surface area contributed by atoms with Gasteiger partial charge in [0, 0.05) is 12.1 Å². The highest BCUT2D eigenvalue weighted by molar-refractivity contribution is 5.89. The van der Waals surface area contributed by atoms with Gasteiger partial charge < -0.3 is 9.30 Å². The zero-order valence-corrected chi connectivity index (χ0v) is 11.9. The molecule has 0 spiro atoms. The van der Waals surface area contributed by atoms with Crippen LogP contribution in [0.4, 0.5) is 5.69 Å². The van der Waals surface area contributed by atoms with Gasteiger partial charge in [-0.1, -0.05) is 12.1 Å². The molecule has 2 aromatic rings. The van der Waals surface area contributed by atoms with Gasteiger partial charge in [0.2, 0.25) is 0 Å². The normalized spacial score (nSPS) is 10.2. The molecule has 0 aliphatic heterocycles. The summed E-state index contributed by atoms with van der Waals surface area (Å²) in [6.45, 7) is 2.12. The summed E-state index contributed by atoms with van der Waals surface area (Å²) in [5.41, 5.74) is 0.527. The van der Waals surface area contributed by atoms with E-state index < -0.39 is 10.9 Å². The summed E-state index contributed by atoms with van der Waals surface area (Å²) in [4.78, 5) is 33.6. The van der Waals surface area contributed by atoms with Gasteiger partial charge in [-0.25, -0.2) is 4.79 Å². The molecule has 0 saturated heterocycles. The lowest BCUT2D eigenvalue weighted by Gasteiger charge is -2.07. The van der Waals surface area contributed by atoms with Crippen LogP contribution in [-0.2, 0) is 11.3 Å². The van der Waals surface area contributed by atoms with Gasteiger partial charge in [-0.05, 0) is 24.6 Å². The predicted octanol–water partition coefficient (Wildman–Crippen LogP) is 1.98. The zero-order valence-electron chi connectivity index (χ0n) is 11.9. The van der Waals surface area contributed by atoms with Crippen LogP contribution in [0.1, 0.15) is 22.8 Å². The minimum absolute atomic E-state index is 0.133. The van der Waals surface area contributed by atoms with Crippen LogP contribution in [0.2, 0.25) is 0 Å². The maximum absolute atomic E-state index is 11.8. The minimum Gasteiger partial charge on any atom is -0.462 e. The summed E-state index contributed by atoms with van der Waals surface area (Å²) in [5, 5.41) is 10.8. The van der Waals surface area contributed by atoms with Gasteiger partial charge in [-0.3, -0.25) is 14.9 Å². The Hall–Kier alpha value is -2.96. The lowest BCUT2D eigenvalue weighted by atomic mass is 10.1. The SMILES string of the molecule is CCOC(=O)c1cccc(Cn2cc([N+](=O)[O-])ccc2=O)c1. The first-order valence-corrected chi connectivity index (χ1v) is 6.62. The number of pyridine rings is 1. The van der Waals surface area contributed by atoms with Crippen LogP contribution < -0.4 is 5.56 Å². The fraction of sp³-hybridized carbons (Fsp3) is 0.200. The second-order valence-corrected chi connectivity index (χ2v) is 4.53. The van der Waals surface area contributed by atoms with Crippen molar-refractivity contribution < 1.29 is 14.5 Å². The molecule has 0 aliphatic carbocycles. The van der Waals surface area contributed by atoms with E-state index in [2.05, 4.69) is 0 Å². The largest absolute Gasteiger partial charge is 0.462 e. The van der Waals surface area contributed by atoms with Gasteiger partial charge in [-0.2, -0.15) is 0 Å². The molecule has 0 atom stereocenters. The quantitative estimate of drug-likeness (QED) is 0.478. The van der Waals surface area contributed by atoms with E-state index in [1.54, 1.807) is 31.2 Å². The third kappa shape index (κ3) is 3.57. The van der Waals surface area contributed by atoms with Gasteiger partial charge in [0.25, 0.3) is 11.2 Å². The van der Waals surface area contributed by atoms with Crippen molar-refractivity contribution in [2.75, 3.05) is 6.61 Å². The molecule has 0 aliphatic rings. The molecule has 0 N–H and O–H groups in total. The van der Waals surface area contributed by atoms with Crippen molar-refractivity contribution in [3.63, 3.8) is 0 Å². The Balaban J connectivity index is 2.29. The molecule has 7 heteroatoms. The molecular weight excluding hydrogens is 288 g/mol. The van der Waals surface area contributed by atoms with E-state index >= 15 is 0 Å². The van der Waals surface area contributed by atoms with E-state index in [1.165, 1.54) is 10.8 Å². The van der Waals surface area contributed by atoms with Crippen molar-refractivity contribution in [3.8, 4) is 0 Å². The van der Waals surface area contributed by atoms with Gasteiger partial charge >= 0.3 is 5.97 Å². The first-order chi connectivity index (χ1) is 10.5. The Bertz CT molecular complexity index is 767. The number of rotatable bonds is 5. The highest BCUT2D eigenvalue weighted by Crippen LogP contribution is 2.11. The van der Waals surface area contributed by atoms with Gasteiger partial charge in [0.15, 0.2) is 0 Å². The fourth-order valence-corrected chi connectivity index (χ4v) is 1.96. The number of esters is 1. The van der Waals surface area contributed by atoms with E-state index in [0.29, 0.717) is 11.1 Å². The zero-order chi connectivity index (χ0) is 16.1. The third-order valence-corrected chi connectivity index (χ3v) is 2.97. The molecule has 1 heterocycles. The maximum atomic E-state index is 11.8. The van der Waals surface area contributed by atoms with Crippen molar-refractivity contribution in [2.45, 2.75) is 13.5 Å². The molecule has 0 saturated carbocycles. The summed E-state index contributed by atoms with van der Waals surface area (Å²) in [6, 6.07) is 8.92. The molecule has 1 aromatic heterocycles. The van der Waals surface area contributed by atoms with Crippen molar-refractivity contribution in [3.05, 3.63) is 74.2 Å². The molecule has 0 radical (unpaired) electrons. The van der Waals surface area contributed by atoms with Crippen LogP contribution in [0.15, 0.2) is 47.4 Å². The van der Waals surface area contributed by atoms with Gasteiger partial charge in [0.1, 0.15) is 0 Å². The summed E-state index contributed by atoms with van der Waals surface area (Å²) in [5.74, 6) is -0.448.